The predicted octanol–water partition coefficient (Wildman–Crippen LogP) is 6.13. The summed E-state index contributed by atoms with van der Waals surface area (Å²) >= 11 is 1.40. The summed E-state index contributed by atoms with van der Waals surface area (Å²) in [6, 6.07) is 7.05. The van der Waals surface area contributed by atoms with Gasteiger partial charge in [0, 0.05) is 49.7 Å². The molecule has 1 saturated heterocycles. The minimum absolute atomic E-state index is 0.171. The van der Waals surface area contributed by atoms with Gasteiger partial charge in [-0.3, -0.25) is 0 Å². The van der Waals surface area contributed by atoms with Crippen LogP contribution in [0, 0.1) is 5.92 Å². The Morgan fingerprint density at radius 2 is 1.94 bits per heavy atom. The Morgan fingerprint density at radius 1 is 1.22 bits per heavy atom. The fourth-order valence-corrected chi connectivity index (χ4v) is 4.95. The summed E-state index contributed by atoms with van der Waals surface area (Å²) in [6.07, 6.45) is 2.61. The van der Waals surface area contributed by atoms with Gasteiger partial charge in [0.25, 0.3) is 0 Å². The summed E-state index contributed by atoms with van der Waals surface area (Å²) < 4.78 is 10.2. The standard InChI is InChI=1S/C25H38N4O2S/c1-16(2)15-29(21-9-11-31-12-10-21)23-8-7-20(18(5)13-19(6)30)14-22(23)26-25-27-24(17(3)4)28-32-25/h7-8,14,16-18,21H,9-13,15H2,1-6H3,(H,26,27,28)/t18-/m1/s1. The molecule has 2 heterocycles. The minimum Gasteiger partial charge on any atom is -0.381 e. The maximum absolute atomic E-state index is 11.7. The normalized spacial score (nSPS) is 15.9. The van der Waals surface area contributed by atoms with Gasteiger partial charge in [-0.25, -0.2) is 4.98 Å². The van der Waals surface area contributed by atoms with E-state index in [-0.39, 0.29) is 11.7 Å². The Balaban J connectivity index is 2.00. The molecule has 7 heteroatoms. The van der Waals surface area contributed by atoms with Crippen molar-refractivity contribution in [2.24, 2.45) is 5.92 Å². The third kappa shape index (κ3) is 6.51. The molecular weight excluding hydrogens is 420 g/mol. The van der Waals surface area contributed by atoms with Gasteiger partial charge in [-0.1, -0.05) is 40.7 Å². The molecule has 32 heavy (non-hydrogen) atoms. The fourth-order valence-electron chi connectivity index (χ4n) is 4.23. The monoisotopic (exact) mass is 458 g/mol. The number of rotatable bonds is 10. The van der Waals surface area contributed by atoms with Crippen LogP contribution in [-0.2, 0) is 9.53 Å². The molecule has 1 aromatic carbocycles. The molecule has 0 bridgehead atoms. The Kier molecular flexibility index (Phi) is 8.65. The molecule has 0 saturated carbocycles. The second kappa shape index (κ2) is 11.2. The maximum atomic E-state index is 11.7. The van der Waals surface area contributed by atoms with E-state index in [1.807, 2.05) is 0 Å². The van der Waals surface area contributed by atoms with E-state index in [2.05, 4.69) is 67.4 Å². The van der Waals surface area contributed by atoms with Crippen LogP contribution in [0.2, 0.25) is 0 Å². The number of nitrogens with one attached hydrogen (secondary N) is 1. The molecule has 0 aliphatic carbocycles. The number of hydrogen-bond acceptors (Lipinski definition) is 7. The van der Waals surface area contributed by atoms with Crippen LogP contribution in [0.25, 0.3) is 0 Å². The van der Waals surface area contributed by atoms with Gasteiger partial charge in [0.15, 0.2) is 0 Å². The molecule has 1 aromatic heterocycles. The number of ether oxygens (including phenoxy) is 1. The van der Waals surface area contributed by atoms with Crippen molar-refractivity contribution >= 4 is 33.8 Å². The van der Waals surface area contributed by atoms with E-state index >= 15 is 0 Å². The van der Waals surface area contributed by atoms with Gasteiger partial charge in [-0.2, -0.15) is 4.37 Å². The van der Waals surface area contributed by atoms with E-state index in [1.165, 1.54) is 17.2 Å². The second-order valence-corrected chi connectivity index (χ2v) is 10.5. The summed E-state index contributed by atoms with van der Waals surface area (Å²) in [7, 11) is 0. The Morgan fingerprint density at radius 3 is 2.53 bits per heavy atom. The van der Waals surface area contributed by atoms with Gasteiger partial charge in [0.05, 0.1) is 11.4 Å². The maximum Gasteiger partial charge on any atom is 0.207 e. The second-order valence-electron chi connectivity index (χ2n) is 9.71. The van der Waals surface area contributed by atoms with E-state index in [0.717, 1.165) is 54.8 Å². The van der Waals surface area contributed by atoms with Crippen LogP contribution in [0.3, 0.4) is 0 Å². The lowest BCUT2D eigenvalue weighted by molar-refractivity contribution is -0.117. The number of anilines is 3. The SMILES string of the molecule is CC(=O)C[C@@H](C)c1ccc(N(CC(C)C)C2CCOCC2)c(Nc2nc(C(C)C)ns2)c1. The first-order chi connectivity index (χ1) is 15.2. The number of carbonyl (C=O) groups excluding carboxylic acids is 1. The molecular formula is C25H38N4O2S. The van der Waals surface area contributed by atoms with E-state index in [0.29, 0.717) is 24.3 Å². The van der Waals surface area contributed by atoms with Gasteiger partial charge in [-0.05, 0) is 49.3 Å². The Hall–Kier alpha value is -1.99. The number of aromatic nitrogens is 2. The van der Waals surface area contributed by atoms with Gasteiger partial charge >= 0.3 is 0 Å². The zero-order chi connectivity index (χ0) is 23.3. The highest BCUT2D eigenvalue weighted by atomic mass is 32.1. The van der Waals surface area contributed by atoms with Gasteiger partial charge in [0.2, 0.25) is 5.13 Å². The highest BCUT2D eigenvalue weighted by molar-refractivity contribution is 7.09. The smallest absolute Gasteiger partial charge is 0.207 e. The van der Waals surface area contributed by atoms with Crippen LogP contribution in [0.1, 0.15) is 84.0 Å². The quantitative estimate of drug-likeness (QED) is 0.462. The molecule has 0 amide bonds. The van der Waals surface area contributed by atoms with E-state index in [1.54, 1.807) is 6.92 Å². The van der Waals surface area contributed by atoms with Crippen molar-refractivity contribution in [1.29, 1.82) is 0 Å². The van der Waals surface area contributed by atoms with Crippen molar-refractivity contribution in [2.75, 3.05) is 30.0 Å². The van der Waals surface area contributed by atoms with E-state index in [9.17, 15) is 4.79 Å². The fraction of sp³-hybridized carbons (Fsp3) is 0.640. The molecule has 0 radical (unpaired) electrons. The molecule has 1 N–H and O–H groups in total. The molecule has 1 fully saturated rings. The molecule has 1 aliphatic rings. The molecule has 176 valence electrons. The third-order valence-electron chi connectivity index (χ3n) is 5.89. The number of Topliss-reactive ketones (excluding diaryl/α,β-unsaturated/α-hetero) is 1. The number of nitrogens with zero attached hydrogens (tertiary/aromatic N) is 3. The first kappa shape index (κ1) is 24.6. The van der Waals surface area contributed by atoms with E-state index in [4.69, 9.17) is 9.72 Å². The minimum atomic E-state index is 0.171. The van der Waals surface area contributed by atoms with E-state index < -0.39 is 0 Å². The first-order valence-electron chi connectivity index (χ1n) is 11.8. The highest BCUT2D eigenvalue weighted by Crippen LogP contribution is 2.36. The largest absolute Gasteiger partial charge is 0.381 e. The van der Waals surface area contributed by atoms with Crippen molar-refractivity contribution < 1.29 is 9.53 Å². The number of benzene rings is 1. The summed E-state index contributed by atoms with van der Waals surface area (Å²) in [6.45, 7) is 15.1. The van der Waals surface area contributed by atoms with Gasteiger partial charge in [0.1, 0.15) is 11.6 Å². The van der Waals surface area contributed by atoms with Crippen LogP contribution >= 0.6 is 11.5 Å². The Bertz CT molecular complexity index is 890. The van der Waals surface area contributed by atoms with Crippen molar-refractivity contribution in [3.63, 3.8) is 0 Å². The number of carbonyl (C=O) groups is 1. The van der Waals surface area contributed by atoms with Crippen LogP contribution in [0.5, 0.6) is 0 Å². The lowest BCUT2D eigenvalue weighted by Crippen LogP contribution is -2.42. The molecule has 0 spiro atoms. The lowest BCUT2D eigenvalue weighted by atomic mass is 9.94. The molecule has 3 rings (SSSR count). The predicted molar refractivity (Wildman–Crippen MR) is 133 cm³/mol. The molecule has 6 nitrogen and oxygen atoms in total. The number of hydrogen-bond donors (Lipinski definition) is 1. The van der Waals surface area contributed by atoms with Crippen LogP contribution in [0.15, 0.2) is 18.2 Å². The average Bonchev–Trinajstić information content (AvgIpc) is 3.21. The van der Waals surface area contributed by atoms with Crippen molar-refractivity contribution in [3.05, 3.63) is 29.6 Å². The van der Waals surface area contributed by atoms with Crippen molar-refractivity contribution in [3.8, 4) is 0 Å². The third-order valence-corrected chi connectivity index (χ3v) is 6.53. The summed E-state index contributed by atoms with van der Waals surface area (Å²) in [5.74, 6) is 2.08. The van der Waals surface area contributed by atoms with Gasteiger partial charge < -0.3 is 19.7 Å². The lowest BCUT2D eigenvalue weighted by Gasteiger charge is -2.38. The summed E-state index contributed by atoms with van der Waals surface area (Å²) in [5, 5.41) is 4.38. The summed E-state index contributed by atoms with van der Waals surface area (Å²) in [4.78, 5) is 19.0. The number of ketones is 1. The highest BCUT2D eigenvalue weighted by Gasteiger charge is 2.25. The van der Waals surface area contributed by atoms with Crippen LogP contribution in [0.4, 0.5) is 16.5 Å². The van der Waals surface area contributed by atoms with Crippen LogP contribution in [-0.4, -0.2) is 40.9 Å². The van der Waals surface area contributed by atoms with Crippen LogP contribution < -0.4 is 10.2 Å². The Labute approximate surface area is 196 Å². The average molecular weight is 459 g/mol. The zero-order valence-corrected chi connectivity index (χ0v) is 21.2. The molecule has 2 aromatic rings. The summed E-state index contributed by atoms with van der Waals surface area (Å²) in [5.41, 5.74) is 3.39. The molecule has 0 unspecified atom stereocenters. The van der Waals surface area contributed by atoms with Gasteiger partial charge in [-0.15, -0.1) is 0 Å². The topological polar surface area (TPSA) is 67.3 Å². The van der Waals surface area contributed by atoms with Crippen molar-refractivity contribution in [2.45, 2.75) is 78.7 Å². The molecule has 1 aliphatic heterocycles. The first-order valence-corrected chi connectivity index (χ1v) is 12.6. The molecule has 1 atom stereocenters. The van der Waals surface area contributed by atoms with Crippen molar-refractivity contribution in [1.82, 2.24) is 9.36 Å². The zero-order valence-electron chi connectivity index (χ0n) is 20.4.